The number of rotatable bonds is 5. The van der Waals surface area contributed by atoms with Crippen LogP contribution in [0.25, 0.3) is 10.4 Å². The van der Waals surface area contributed by atoms with Gasteiger partial charge in [0.05, 0.1) is 22.9 Å². The molecule has 0 atom stereocenters. The number of pyridine rings is 1. The van der Waals surface area contributed by atoms with Crippen LogP contribution in [-0.4, -0.2) is 17.0 Å². The average Bonchev–Trinajstić information content (AvgIpc) is 3.06. The molecule has 0 spiro atoms. The molecule has 0 aliphatic carbocycles. The van der Waals surface area contributed by atoms with E-state index in [0.717, 1.165) is 16.2 Å². The van der Waals surface area contributed by atoms with Gasteiger partial charge >= 0.3 is 0 Å². The molecule has 2 aromatic heterocycles. The summed E-state index contributed by atoms with van der Waals surface area (Å²) in [6, 6.07) is 15.3. The monoisotopic (exact) mass is 338 g/mol. The molecule has 24 heavy (non-hydrogen) atoms. The van der Waals surface area contributed by atoms with Crippen molar-refractivity contribution in [3.8, 4) is 16.2 Å². The van der Waals surface area contributed by atoms with Crippen LogP contribution in [0.5, 0.6) is 5.75 Å². The molecule has 0 aliphatic heterocycles. The molecule has 0 aliphatic rings. The predicted molar refractivity (Wildman–Crippen MR) is 97.7 cm³/mol. The Bertz CT molecular complexity index is 811. The van der Waals surface area contributed by atoms with Crippen LogP contribution in [0, 0.1) is 0 Å². The predicted octanol–water partition coefficient (Wildman–Crippen LogP) is 4.85. The zero-order valence-electron chi connectivity index (χ0n) is 13.5. The number of ether oxygens (including phenoxy) is 1. The highest BCUT2D eigenvalue weighted by Gasteiger charge is 2.11. The Morgan fingerprint density at radius 3 is 2.58 bits per heavy atom. The molecule has 2 heterocycles. The quantitative estimate of drug-likeness (QED) is 0.723. The summed E-state index contributed by atoms with van der Waals surface area (Å²) in [7, 11) is 0. The first-order chi connectivity index (χ1) is 11.6. The van der Waals surface area contributed by atoms with Crippen molar-refractivity contribution in [2.75, 3.05) is 5.32 Å². The molecule has 3 rings (SSSR count). The van der Waals surface area contributed by atoms with E-state index in [4.69, 9.17) is 4.74 Å². The fourth-order valence-corrected chi connectivity index (χ4v) is 3.12. The second kappa shape index (κ2) is 7.27. The van der Waals surface area contributed by atoms with Crippen LogP contribution in [0.1, 0.15) is 23.5 Å². The van der Waals surface area contributed by atoms with Gasteiger partial charge in [-0.15, -0.1) is 11.3 Å². The number of aromatic nitrogens is 1. The van der Waals surface area contributed by atoms with Gasteiger partial charge in [0.1, 0.15) is 5.75 Å². The largest absolute Gasteiger partial charge is 0.491 e. The molecule has 5 heteroatoms. The molecule has 0 saturated carbocycles. The van der Waals surface area contributed by atoms with Crippen LogP contribution < -0.4 is 10.1 Å². The van der Waals surface area contributed by atoms with Gasteiger partial charge in [0.25, 0.3) is 5.91 Å². The van der Waals surface area contributed by atoms with E-state index in [9.17, 15) is 4.79 Å². The Labute approximate surface area is 145 Å². The number of anilines is 1. The number of nitrogens with zero attached hydrogens (tertiary/aromatic N) is 1. The number of benzene rings is 1. The molecule has 1 amide bonds. The van der Waals surface area contributed by atoms with Crippen LogP contribution in [0.4, 0.5) is 5.69 Å². The van der Waals surface area contributed by atoms with E-state index in [1.807, 2.05) is 56.3 Å². The molecular weight excluding hydrogens is 320 g/mol. The molecular formula is C19H18N2O2S. The minimum absolute atomic E-state index is 0.126. The summed E-state index contributed by atoms with van der Waals surface area (Å²) < 4.78 is 5.65. The lowest BCUT2D eigenvalue weighted by atomic mass is 10.2. The summed E-state index contributed by atoms with van der Waals surface area (Å²) in [6.45, 7) is 4.00. The van der Waals surface area contributed by atoms with Crippen molar-refractivity contribution in [1.29, 1.82) is 0 Å². The van der Waals surface area contributed by atoms with E-state index >= 15 is 0 Å². The Kier molecular flexibility index (Phi) is 4.91. The van der Waals surface area contributed by atoms with Crippen LogP contribution in [-0.2, 0) is 0 Å². The van der Waals surface area contributed by atoms with Gasteiger partial charge in [-0.25, -0.2) is 0 Å². The fraction of sp³-hybridized carbons (Fsp3) is 0.158. The van der Waals surface area contributed by atoms with Gasteiger partial charge in [-0.1, -0.05) is 0 Å². The highest BCUT2D eigenvalue weighted by molar-refractivity contribution is 7.17. The summed E-state index contributed by atoms with van der Waals surface area (Å²) in [5.41, 5.74) is 1.75. The summed E-state index contributed by atoms with van der Waals surface area (Å²) in [6.07, 6.45) is 3.45. The number of carbonyl (C=O) groups is 1. The van der Waals surface area contributed by atoms with Gasteiger partial charge in [-0.3, -0.25) is 9.78 Å². The van der Waals surface area contributed by atoms with Gasteiger partial charge in [-0.05, 0) is 67.9 Å². The van der Waals surface area contributed by atoms with Crippen molar-refractivity contribution in [1.82, 2.24) is 4.98 Å². The molecule has 1 N–H and O–H groups in total. The molecule has 0 saturated heterocycles. The van der Waals surface area contributed by atoms with E-state index in [0.29, 0.717) is 10.6 Å². The Morgan fingerprint density at radius 1 is 1.12 bits per heavy atom. The molecule has 0 unspecified atom stereocenters. The van der Waals surface area contributed by atoms with E-state index in [-0.39, 0.29) is 12.0 Å². The Hall–Kier alpha value is -2.66. The van der Waals surface area contributed by atoms with E-state index in [1.54, 1.807) is 18.5 Å². The minimum atomic E-state index is -0.126. The first kappa shape index (κ1) is 16.2. The molecule has 1 aromatic carbocycles. The van der Waals surface area contributed by atoms with Crippen LogP contribution in [0.15, 0.2) is 60.9 Å². The zero-order chi connectivity index (χ0) is 16.9. The molecule has 0 fully saturated rings. The Balaban J connectivity index is 1.72. The van der Waals surface area contributed by atoms with Crippen molar-refractivity contribution in [2.45, 2.75) is 20.0 Å². The summed E-state index contributed by atoms with van der Waals surface area (Å²) in [5, 5.41) is 2.84. The van der Waals surface area contributed by atoms with Crippen LogP contribution >= 0.6 is 11.3 Å². The number of hydrogen-bond donors (Lipinski definition) is 1. The highest BCUT2D eigenvalue weighted by atomic mass is 32.1. The van der Waals surface area contributed by atoms with Gasteiger partial charge in [-0.2, -0.15) is 0 Å². The van der Waals surface area contributed by atoms with Crippen LogP contribution in [0.3, 0.4) is 0 Å². The third kappa shape index (κ3) is 4.00. The number of hydrogen-bond acceptors (Lipinski definition) is 4. The molecule has 0 bridgehead atoms. The van der Waals surface area contributed by atoms with Gasteiger partial charge in [0.15, 0.2) is 0 Å². The maximum Gasteiger partial charge on any atom is 0.265 e. The summed E-state index contributed by atoms with van der Waals surface area (Å²) in [5.74, 6) is 0.721. The normalized spacial score (nSPS) is 10.6. The molecule has 0 radical (unpaired) electrons. The standard InChI is InChI=1S/C19H18N2O2S/c1-13(2)23-16-7-5-14(6-8-16)17-9-10-18(24-17)19(22)21-15-4-3-11-20-12-15/h3-13H,1-2H3,(H,21,22). The number of thiophene rings is 1. The third-order valence-corrected chi connectivity index (χ3v) is 4.39. The van der Waals surface area contributed by atoms with Crippen molar-refractivity contribution < 1.29 is 9.53 Å². The first-order valence-corrected chi connectivity index (χ1v) is 8.52. The van der Waals surface area contributed by atoms with E-state index in [1.165, 1.54) is 11.3 Å². The lowest BCUT2D eigenvalue weighted by Gasteiger charge is -2.09. The summed E-state index contributed by atoms with van der Waals surface area (Å²) >= 11 is 1.46. The van der Waals surface area contributed by atoms with Gasteiger partial charge in [0, 0.05) is 11.1 Å². The van der Waals surface area contributed by atoms with Crippen molar-refractivity contribution in [2.24, 2.45) is 0 Å². The Morgan fingerprint density at radius 2 is 1.92 bits per heavy atom. The minimum Gasteiger partial charge on any atom is -0.491 e. The number of carbonyl (C=O) groups excluding carboxylic acids is 1. The maximum atomic E-state index is 12.3. The van der Waals surface area contributed by atoms with E-state index < -0.39 is 0 Å². The molecule has 4 nitrogen and oxygen atoms in total. The smallest absolute Gasteiger partial charge is 0.265 e. The van der Waals surface area contributed by atoms with Crippen molar-refractivity contribution in [3.05, 3.63) is 65.8 Å². The number of nitrogens with one attached hydrogen (secondary N) is 1. The third-order valence-electron chi connectivity index (χ3n) is 3.26. The van der Waals surface area contributed by atoms with Crippen molar-refractivity contribution >= 4 is 22.9 Å². The average molecular weight is 338 g/mol. The van der Waals surface area contributed by atoms with E-state index in [2.05, 4.69) is 10.3 Å². The zero-order valence-corrected chi connectivity index (χ0v) is 14.3. The molecule has 122 valence electrons. The van der Waals surface area contributed by atoms with Gasteiger partial charge < -0.3 is 10.1 Å². The first-order valence-electron chi connectivity index (χ1n) is 7.70. The van der Waals surface area contributed by atoms with Crippen molar-refractivity contribution in [3.63, 3.8) is 0 Å². The van der Waals surface area contributed by atoms with Gasteiger partial charge in [0.2, 0.25) is 0 Å². The van der Waals surface area contributed by atoms with Crippen LogP contribution in [0.2, 0.25) is 0 Å². The lowest BCUT2D eigenvalue weighted by molar-refractivity contribution is 0.103. The highest BCUT2D eigenvalue weighted by Crippen LogP contribution is 2.30. The maximum absolute atomic E-state index is 12.3. The SMILES string of the molecule is CC(C)Oc1ccc(-c2ccc(C(=O)Nc3cccnc3)s2)cc1. The molecule has 3 aromatic rings. The second-order valence-corrected chi connectivity index (χ2v) is 6.63. The lowest BCUT2D eigenvalue weighted by Crippen LogP contribution is -2.09. The summed E-state index contributed by atoms with van der Waals surface area (Å²) in [4.78, 5) is 18.0. The topological polar surface area (TPSA) is 51.2 Å². The fourth-order valence-electron chi connectivity index (χ4n) is 2.21. The second-order valence-electron chi connectivity index (χ2n) is 5.55. The number of amides is 1.